The highest BCUT2D eigenvalue weighted by Gasteiger charge is 2.03. The first-order chi connectivity index (χ1) is 7.29. The standard InChI is InChI=1S/C10H13N5/c1-3-12-10-6-11-5-9(14-10)8-4-13-15(2)7-8/h4-7H,3H2,1-2H3,(H,12,14). The monoisotopic (exact) mass is 203 g/mol. The third-order valence-corrected chi connectivity index (χ3v) is 1.99. The molecule has 1 N–H and O–H groups in total. The lowest BCUT2D eigenvalue weighted by atomic mass is 10.3. The fourth-order valence-electron chi connectivity index (χ4n) is 1.32. The molecule has 0 fully saturated rings. The zero-order valence-corrected chi connectivity index (χ0v) is 8.81. The SMILES string of the molecule is CCNc1cncc(-c2cnn(C)c2)n1. The Bertz CT molecular complexity index is 449. The summed E-state index contributed by atoms with van der Waals surface area (Å²) in [4.78, 5) is 8.55. The molecule has 0 aliphatic carbocycles. The summed E-state index contributed by atoms with van der Waals surface area (Å²) in [6, 6.07) is 0. The molecule has 0 aliphatic rings. The maximum absolute atomic E-state index is 4.42. The maximum atomic E-state index is 4.42. The number of rotatable bonds is 3. The van der Waals surface area contributed by atoms with Gasteiger partial charge in [-0.1, -0.05) is 0 Å². The second-order valence-corrected chi connectivity index (χ2v) is 3.22. The zero-order chi connectivity index (χ0) is 10.7. The van der Waals surface area contributed by atoms with E-state index in [-0.39, 0.29) is 0 Å². The van der Waals surface area contributed by atoms with Crippen LogP contribution in [0.15, 0.2) is 24.8 Å². The van der Waals surface area contributed by atoms with E-state index in [1.54, 1.807) is 23.3 Å². The Labute approximate surface area is 88.2 Å². The molecule has 0 aromatic carbocycles. The molecule has 15 heavy (non-hydrogen) atoms. The average Bonchev–Trinajstić information content (AvgIpc) is 2.66. The molecule has 0 amide bonds. The fraction of sp³-hybridized carbons (Fsp3) is 0.300. The van der Waals surface area contributed by atoms with E-state index in [4.69, 9.17) is 0 Å². The highest BCUT2D eigenvalue weighted by atomic mass is 15.2. The Morgan fingerprint density at radius 2 is 2.20 bits per heavy atom. The van der Waals surface area contributed by atoms with Crippen molar-refractivity contribution in [3.8, 4) is 11.3 Å². The van der Waals surface area contributed by atoms with E-state index in [0.717, 1.165) is 23.6 Å². The van der Waals surface area contributed by atoms with E-state index in [1.165, 1.54) is 0 Å². The molecular formula is C10H13N5. The highest BCUT2D eigenvalue weighted by molar-refractivity contribution is 5.57. The average molecular weight is 203 g/mol. The van der Waals surface area contributed by atoms with Crippen LogP contribution in [0.5, 0.6) is 0 Å². The topological polar surface area (TPSA) is 55.6 Å². The van der Waals surface area contributed by atoms with Gasteiger partial charge < -0.3 is 5.32 Å². The molecule has 0 atom stereocenters. The van der Waals surface area contributed by atoms with Crippen molar-refractivity contribution in [2.45, 2.75) is 6.92 Å². The van der Waals surface area contributed by atoms with Crippen LogP contribution in [0.25, 0.3) is 11.3 Å². The van der Waals surface area contributed by atoms with E-state index >= 15 is 0 Å². The van der Waals surface area contributed by atoms with Gasteiger partial charge in [-0.2, -0.15) is 5.10 Å². The molecule has 0 unspecified atom stereocenters. The summed E-state index contributed by atoms with van der Waals surface area (Å²) in [6.07, 6.45) is 7.14. The van der Waals surface area contributed by atoms with Crippen LogP contribution < -0.4 is 5.32 Å². The van der Waals surface area contributed by atoms with Crippen LogP contribution in [0.4, 0.5) is 5.82 Å². The minimum atomic E-state index is 0.791. The molecule has 0 aliphatic heterocycles. The van der Waals surface area contributed by atoms with Crippen molar-refractivity contribution in [2.75, 3.05) is 11.9 Å². The van der Waals surface area contributed by atoms with Crippen molar-refractivity contribution in [1.82, 2.24) is 19.7 Å². The summed E-state index contributed by atoms with van der Waals surface area (Å²) in [5, 5.41) is 7.22. The smallest absolute Gasteiger partial charge is 0.145 e. The summed E-state index contributed by atoms with van der Waals surface area (Å²) < 4.78 is 1.75. The van der Waals surface area contributed by atoms with E-state index in [1.807, 2.05) is 20.2 Å². The lowest BCUT2D eigenvalue weighted by Crippen LogP contribution is -2.00. The Hall–Kier alpha value is -1.91. The molecule has 2 heterocycles. The summed E-state index contributed by atoms with van der Waals surface area (Å²) in [7, 11) is 1.88. The number of aryl methyl sites for hydroxylation is 1. The molecule has 5 nitrogen and oxygen atoms in total. The first kappa shape index (κ1) is 9.64. The predicted octanol–water partition coefficient (Wildman–Crippen LogP) is 1.31. The van der Waals surface area contributed by atoms with E-state index in [0.29, 0.717) is 0 Å². The first-order valence-corrected chi connectivity index (χ1v) is 4.84. The van der Waals surface area contributed by atoms with Gasteiger partial charge in [-0.05, 0) is 6.92 Å². The number of nitrogens with zero attached hydrogens (tertiary/aromatic N) is 4. The van der Waals surface area contributed by atoms with Crippen LogP contribution in [0.3, 0.4) is 0 Å². The van der Waals surface area contributed by atoms with E-state index in [9.17, 15) is 0 Å². The van der Waals surface area contributed by atoms with Gasteiger partial charge in [0.05, 0.1) is 24.3 Å². The van der Waals surface area contributed by atoms with Gasteiger partial charge in [-0.15, -0.1) is 0 Å². The summed E-state index contributed by atoms with van der Waals surface area (Å²) in [5.74, 6) is 0.791. The fourth-order valence-corrected chi connectivity index (χ4v) is 1.32. The van der Waals surface area contributed by atoms with Gasteiger partial charge in [0.25, 0.3) is 0 Å². The molecule has 0 bridgehead atoms. The van der Waals surface area contributed by atoms with Gasteiger partial charge in [0, 0.05) is 25.4 Å². The van der Waals surface area contributed by atoms with Gasteiger partial charge in [0.2, 0.25) is 0 Å². The van der Waals surface area contributed by atoms with Crippen molar-refractivity contribution >= 4 is 5.82 Å². The van der Waals surface area contributed by atoms with Crippen molar-refractivity contribution in [2.24, 2.45) is 7.05 Å². The van der Waals surface area contributed by atoms with Crippen LogP contribution >= 0.6 is 0 Å². The number of hydrogen-bond acceptors (Lipinski definition) is 4. The minimum Gasteiger partial charge on any atom is -0.369 e. The quantitative estimate of drug-likeness (QED) is 0.817. The van der Waals surface area contributed by atoms with Crippen LogP contribution in [0.1, 0.15) is 6.92 Å². The minimum absolute atomic E-state index is 0.791. The third-order valence-electron chi connectivity index (χ3n) is 1.99. The molecule has 5 heteroatoms. The van der Waals surface area contributed by atoms with E-state index in [2.05, 4.69) is 20.4 Å². The second-order valence-electron chi connectivity index (χ2n) is 3.22. The Kier molecular flexibility index (Phi) is 2.62. The molecule has 2 rings (SSSR count). The van der Waals surface area contributed by atoms with Crippen LogP contribution in [0, 0.1) is 0 Å². The largest absolute Gasteiger partial charge is 0.369 e. The van der Waals surface area contributed by atoms with Crippen LogP contribution in [-0.2, 0) is 7.05 Å². The predicted molar refractivity (Wildman–Crippen MR) is 58.4 cm³/mol. The Balaban J connectivity index is 2.32. The summed E-state index contributed by atoms with van der Waals surface area (Å²) >= 11 is 0. The lowest BCUT2D eigenvalue weighted by Gasteiger charge is -2.02. The normalized spacial score (nSPS) is 10.3. The van der Waals surface area contributed by atoms with Crippen LogP contribution in [-0.4, -0.2) is 26.3 Å². The highest BCUT2D eigenvalue weighted by Crippen LogP contribution is 2.15. The number of hydrogen-bond donors (Lipinski definition) is 1. The third kappa shape index (κ3) is 2.12. The molecule has 0 saturated carbocycles. The molecule has 0 radical (unpaired) electrons. The Morgan fingerprint density at radius 3 is 2.87 bits per heavy atom. The number of anilines is 1. The van der Waals surface area contributed by atoms with E-state index < -0.39 is 0 Å². The molecule has 0 spiro atoms. The molecular weight excluding hydrogens is 190 g/mol. The van der Waals surface area contributed by atoms with Gasteiger partial charge in [0.1, 0.15) is 5.82 Å². The van der Waals surface area contributed by atoms with Crippen molar-refractivity contribution in [1.29, 1.82) is 0 Å². The van der Waals surface area contributed by atoms with Gasteiger partial charge in [-0.25, -0.2) is 4.98 Å². The number of aromatic nitrogens is 4. The van der Waals surface area contributed by atoms with Gasteiger partial charge >= 0.3 is 0 Å². The second kappa shape index (κ2) is 4.08. The van der Waals surface area contributed by atoms with Gasteiger partial charge in [0.15, 0.2) is 0 Å². The molecule has 2 aromatic heterocycles. The van der Waals surface area contributed by atoms with Crippen LogP contribution in [0.2, 0.25) is 0 Å². The molecule has 78 valence electrons. The Morgan fingerprint density at radius 1 is 1.33 bits per heavy atom. The maximum Gasteiger partial charge on any atom is 0.145 e. The lowest BCUT2D eigenvalue weighted by molar-refractivity contribution is 0.768. The zero-order valence-electron chi connectivity index (χ0n) is 8.81. The van der Waals surface area contributed by atoms with Crippen molar-refractivity contribution in [3.63, 3.8) is 0 Å². The van der Waals surface area contributed by atoms with Crippen molar-refractivity contribution in [3.05, 3.63) is 24.8 Å². The molecule has 0 saturated heterocycles. The van der Waals surface area contributed by atoms with Gasteiger partial charge in [-0.3, -0.25) is 9.67 Å². The summed E-state index contributed by atoms with van der Waals surface area (Å²) in [5.41, 5.74) is 1.81. The molecule has 2 aromatic rings. The first-order valence-electron chi connectivity index (χ1n) is 4.84. The summed E-state index contributed by atoms with van der Waals surface area (Å²) in [6.45, 7) is 2.86. The van der Waals surface area contributed by atoms with Crippen molar-refractivity contribution < 1.29 is 0 Å². The number of nitrogens with one attached hydrogen (secondary N) is 1.